The number of hydrogen-bond acceptors (Lipinski definition) is 9. The van der Waals surface area contributed by atoms with Crippen LogP contribution in [0.4, 0.5) is 4.79 Å². The second kappa shape index (κ2) is 14.4. The highest BCUT2D eigenvalue weighted by atomic mass is 16.7. The first-order chi connectivity index (χ1) is 16.8. The Morgan fingerprint density at radius 1 is 1.11 bits per heavy atom. The molecule has 0 spiro atoms. The van der Waals surface area contributed by atoms with Crippen molar-refractivity contribution in [3.63, 3.8) is 0 Å². The van der Waals surface area contributed by atoms with Crippen molar-refractivity contribution in [2.75, 3.05) is 13.4 Å². The molecule has 36 heavy (non-hydrogen) atoms. The summed E-state index contributed by atoms with van der Waals surface area (Å²) >= 11 is 0. The summed E-state index contributed by atoms with van der Waals surface area (Å²) in [5.41, 5.74) is 5.49. The minimum Gasteiger partial charge on any atom is -0.463 e. The first-order valence-corrected chi connectivity index (χ1v) is 12.1. The Kier molecular flexibility index (Phi) is 12.4. The van der Waals surface area contributed by atoms with E-state index in [2.05, 4.69) is 15.6 Å². The largest absolute Gasteiger partial charge is 0.463 e. The topological polar surface area (TPSA) is 168 Å². The van der Waals surface area contributed by atoms with Crippen LogP contribution in [0.3, 0.4) is 0 Å². The van der Waals surface area contributed by atoms with Gasteiger partial charge in [-0.05, 0) is 46.6 Å². The molecule has 0 unspecified atom stereocenters. The van der Waals surface area contributed by atoms with Crippen LogP contribution >= 0.6 is 0 Å². The first kappa shape index (κ1) is 30.9. The zero-order valence-corrected chi connectivity index (χ0v) is 22.2. The highest BCUT2D eigenvalue weighted by molar-refractivity contribution is 5.93. The van der Waals surface area contributed by atoms with Gasteiger partial charge in [0.05, 0.1) is 36.3 Å². The van der Waals surface area contributed by atoms with Crippen LogP contribution in [0, 0.1) is 5.41 Å². The van der Waals surface area contributed by atoms with Crippen molar-refractivity contribution < 1.29 is 38.1 Å². The normalized spacial score (nSPS) is 20.3. The maximum Gasteiger partial charge on any atom is 0.416 e. The van der Waals surface area contributed by atoms with Crippen LogP contribution in [-0.4, -0.2) is 67.6 Å². The summed E-state index contributed by atoms with van der Waals surface area (Å²) in [5, 5.41) is 5.07. The number of rotatable bonds is 10. The van der Waals surface area contributed by atoms with Gasteiger partial charge in [-0.2, -0.15) is 0 Å². The number of guanidine groups is 1. The molecule has 3 atom stereocenters. The lowest BCUT2D eigenvalue weighted by atomic mass is 9.88. The van der Waals surface area contributed by atoms with Gasteiger partial charge >= 0.3 is 18.0 Å². The van der Waals surface area contributed by atoms with Crippen LogP contribution in [0.15, 0.2) is 16.6 Å². The van der Waals surface area contributed by atoms with E-state index in [0.717, 1.165) is 12.8 Å². The van der Waals surface area contributed by atoms with E-state index in [-0.39, 0.29) is 31.0 Å². The molecule has 0 aliphatic heterocycles. The van der Waals surface area contributed by atoms with Gasteiger partial charge in [-0.25, -0.2) is 14.6 Å². The van der Waals surface area contributed by atoms with E-state index in [1.165, 1.54) is 6.92 Å². The molecule has 0 aromatic rings. The highest BCUT2D eigenvalue weighted by Gasteiger charge is 2.38. The molecule has 0 saturated heterocycles. The molecule has 1 aliphatic carbocycles. The summed E-state index contributed by atoms with van der Waals surface area (Å²) in [6, 6.07) is -1.41. The summed E-state index contributed by atoms with van der Waals surface area (Å²) in [6.45, 7) is 11.6. The summed E-state index contributed by atoms with van der Waals surface area (Å²) in [4.78, 5) is 52.6. The number of nitrogens with zero attached hydrogens (tertiary/aromatic N) is 1. The lowest BCUT2D eigenvalue weighted by molar-refractivity contribution is -0.161. The first-order valence-electron chi connectivity index (χ1n) is 12.1. The molecule has 1 rings (SSSR count). The Morgan fingerprint density at radius 2 is 1.75 bits per heavy atom. The average molecular weight is 513 g/mol. The monoisotopic (exact) mass is 512 g/mol. The number of carbonyl (C=O) groups excluding carboxylic acids is 4. The highest BCUT2D eigenvalue weighted by Crippen LogP contribution is 2.27. The number of esters is 2. The molecule has 0 radical (unpaired) electrons. The molecule has 0 bridgehead atoms. The van der Waals surface area contributed by atoms with Crippen molar-refractivity contribution in [2.24, 2.45) is 16.1 Å². The van der Waals surface area contributed by atoms with E-state index in [1.807, 2.05) is 13.8 Å². The van der Waals surface area contributed by atoms with Gasteiger partial charge in [0.15, 0.2) is 5.96 Å². The van der Waals surface area contributed by atoms with Crippen LogP contribution < -0.4 is 16.4 Å². The summed E-state index contributed by atoms with van der Waals surface area (Å²) in [7, 11) is 0. The molecule has 0 fully saturated rings. The summed E-state index contributed by atoms with van der Waals surface area (Å²) < 4.78 is 21.0. The van der Waals surface area contributed by atoms with Crippen molar-refractivity contribution in [2.45, 2.75) is 92.0 Å². The zero-order chi connectivity index (χ0) is 27.5. The fraction of sp³-hybridized carbons (Fsp3) is 0.708. The Labute approximate surface area is 212 Å². The maximum absolute atomic E-state index is 12.5. The summed E-state index contributed by atoms with van der Waals surface area (Å²) in [5.74, 6) is -1.70. The molecular formula is C24H40N4O8. The van der Waals surface area contributed by atoms with Crippen LogP contribution in [0.5, 0.6) is 0 Å². The number of ether oxygens (including phenoxy) is 4. The third-order valence-electron chi connectivity index (χ3n) is 5.26. The lowest BCUT2D eigenvalue weighted by Gasteiger charge is -2.36. The number of amides is 2. The molecule has 2 amide bonds. The predicted octanol–water partition coefficient (Wildman–Crippen LogP) is 1.91. The maximum atomic E-state index is 12.5. The molecule has 204 valence electrons. The third-order valence-corrected chi connectivity index (χ3v) is 5.26. The van der Waals surface area contributed by atoms with Gasteiger partial charge in [0.25, 0.3) is 0 Å². The van der Waals surface area contributed by atoms with Gasteiger partial charge < -0.3 is 30.0 Å². The minimum absolute atomic E-state index is 0.0905. The van der Waals surface area contributed by atoms with Gasteiger partial charge in [0, 0.05) is 18.9 Å². The standard InChI is InChI=1S/C24H40N4O8/c1-8-16(9-2)36-18-12-15(20(30)33-10-3)11-17(19(18)26-14(4)29)27-22(25)28-23(32)35-13-34-21(31)24(5,6)7/h12,16-19H,8-11,13H2,1-7H3,(H,26,29)(H3,25,27,28,32)/t17-,18+,19+/m0/s1. The predicted molar refractivity (Wildman–Crippen MR) is 132 cm³/mol. The SMILES string of the molecule is CCOC(=O)C1=C[C@@H](OC(CC)CC)[C@H](NC(C)=O)[C@@H](N=C(N)NC(=O)OCOC(=O)C(C)(C)C)C1. The number of nitrogens with two attached hydrogens (primary N) is 1. The van der Waals surface area contributed by atoms with E-state index in [4.69, 9.17) is 24.7 Å². The second-order valence-electron chi connectivity index (χ2n) is 9.32. The molecule has 0 saturated carbocycles. The van der Waals surface area contributed by atoms with Crippen molar-refractivity contribution in [3.8, 4) is 0 Å². The van der Waals surface area contributed by atoms with Crippen LogP contribution in [0.2, 0.25) is 0 Å². The fourth-order valence-electron chi connectivity index (χ4n) is 3.39. The molecular weight excluding hydrogens is 472 g/mol. The number of aliphatic imine (C=N–C) groups is 1. The number of nitrogens with one attached hydrogen (secondary N) is 2. The number of hydrogen-bond donors (Lipinski definition) is 3. The Morgan fingerprint density at radius 3 is 2.28 bits per heavy atom. The number of carbonyl (C=O) groups is 4. The van der Waals surface area contributed by atoms with E-state index in [9.17, 15) is 19.2 Å². The Balaban J connectivity index is 3.08. The summed E-state index contributed by atoms with van der Waals surface area (Å²) in [6.07, 6.45) is 1.40. The van der Waals surface area contributed by atoms with Crippen LogP contribution in [0.25, 0.3) is 0 Å². The smallest absolute Gasteiger partial charge is 0.416 e. The quantitative estimate of drug-likeness (QED) is 0.171. The zero-order valence-electron chi connectivity index (χ0n) is 22.2. The van der Waals surface area contributed by atoms with Crippen molar-refractivity contribution in [3.05, 3.63) is 11.6 Å². The van der Waals surface area contributed by atoms with E-state index in [0.29, 0.717) is 5.57 Å². The molecule has 0 aromatic heterocycles. The minimum atomic E-state index is -0.990. The van der Waals surface area contributed by atoms with Crippen LogP contribution in [-0.2, 0) is 33.3 Å². The van der Waals surface area contributed by atoms with Crippen molar-refractivity contribution >= 4 is 29.9 Å². The van der Waals surface area contributed by atoms with E-state index in [1.54, 1.807) is 33.8 Å². The molecule has 1 aliphatic rings. The third kappa shape index (κ3) is 10.2. The van der Waals surface area contributed by atoms with Gasteiger partial charge in [0.1, 0.15) is 0 Å². The van der Waals surface area contributed by atoms with Gasteiger partial charge in [-0.1, -0.05) is 13.8 Å². The van der Waals surface area contributed by atoms with E-state index < -0.39 is 48.4 Å². The Bertz CT molecular complexity index is 846. The molecule has 12 nitrogen and oxygen atoms in total. The molecule has 0 heterocycles. The fourth-order valence-corrected chi connectivity index (χ4v) is 3.39. The van der Waals surface area contributed by atoms with E-state index >= 15 is 0 Å². The van der Waals surface area contributed by atoms with Gasteiger partial charge in [-0.3, -0.25) is 14.9 Å². The molecule has 4 N–H and O–H groups in total. The Hall–Kier alpha value is -3.15. The van der Waals surface area contributed by atoms with Crippen molar-refractivity contribution in [1.29, 1.82) is 0 Å². The molecule has 12 heteroatoms. The molecule has 0 aromatic carbocycles. The van der Waals surface area contributed by atoms with Gasteiger partial charge in [-0.15, -0.1) is 0 Å². The average Bonchev–Trinajstić information content (AvgIpc) is 2.78. The number of alkyl carbamates (subject to hydrolysis) is 1. The van der Waals surface area contributed by atoms with Gasteiger partial charge in [0.2, 0.25) is 12.7 Å². The van der Waals surface area contributed by atoms with Crippen LogP contribution in [0.1, 0.15) is 67.7 Å². The van der Waals surface area contributed by atoms with Crippen molar-refractivity contribution in [1.82, 2.24) is 10.6 Å². The lowest BCUT2D eigenvalue weighted by Crippen LogP contribution is -2.54. The second-order valence-corrected chi connectivity index (χ2v) is 9.32.